The van der Waals surface area contributed by atoms with Gasteiger partial charge in [-0.3, -0.25) is 4.79 Å². The molecular weight excluding hydrogens is 229 g/mol. The summed E-state index contributed by atoms with van der Waals surface area (Å²) in [5.41, 5.74) is -1.20. The summed E-state index contributed by atoms with van der Waals surface area (Å²) in [5.74, 6) is -3.72. The third-order valence-electron chi connectivity index (χ3n) is 1.32. The molecule has 0 aliphatic carbocycles. The van der Waals surface area contributed by atoms with Gasteiger partial charge < -0.3 is 9.47 Å². The van der Waals surface area contributed by atoms with Gasteiger partial charge in [0.2, 0.25) is 6.61 Å². The van der Waals surface area contributed by atoms with E-state index in [1.165, 1.54) is 6.92 Å². The monoisotopic (exact) mass is 239 g/mol. The van der Waals surface area contributed by atoms with Crippen LogP contribution in [0.4, 0.5) is 13.2 Å². The van der Waals surface area contributed by atoms with Crippen LogP contribution >= 0.6 is 0 Å². The Kier molecular flexibility index (Phi) is 5.41. The van der Waals surface area contributed by atoms with Crippen LogP contribution in [0.5, 0.6) is 0 Å². The second-order valence-electron chi connectivity index (χ2n) is 2.45. The molecule has 0 bridgehead atoms. The third-order valence-corrected chi connectivity index (χ3v) is 1.32. The maximum absolute atomic E-state index is 12.1. The van der Waals surface area contributed by atoms with Crippen LogP contribution in [-0.2, 0) is 19.1 Å². The van der Waals surface area contributed by atoms with E-state index in [1.807, 2.05) is 0 Å². The molecule has 0 unspecified atom stereocenters. The molecule has 0 heterocycles. The first-order valence-corrected chi connectivity index (χ1v) is 4.24. The van der Waals surface area contributed by atoms with Gasteiger partial charge in [0.15, 0.2) is 0 Å². The Bertz CT molecular complexity index is 294. The number of halogens is 3. The molecule has 90 valence electrons. The Morgan fingerprint density at radius 2 is 1.94 bits per heavy atom. The first-order valence-electron chi connectivity index (χ1n) is 4.24. The standard InChI is InChI=1S/C9H10F3O4/c1-3-15-5-6(8(14)16-4-2)7(13)9(10,11)12/h5H,2-4H2,1H3/q+1/b6-5-. The molecule has 0 aromatic rings. The van der Waals surface area contributed by atoms with Crippen molar-refractivity contribution in [1.82, 2.24) is 0 Å². The van der Waals surface area contributed by atoms with Crippen molar-refractivity contribution in [1.29, 1.82) is 0 Å². The molecule has 0 N–H and O–H groups in total. The predicted octanol–water partition coefficient (Wildman–Crippen LogP) is 1.42. The summed E-state index contributed by atoms with van der Waals surface area (Å²) in [6.07, 6.45) is -4.71. The summed E-state index contributed by atoms with van der Waals surface area (Å²) >= 11 is 0. The number of carbonyl (C=O) groups excluding carboxylic acids is 2. The normalized spacial score (nSPS) is 12.1. The van der Waals surface area contributed by atoms with Gasteiger partial charge in [0.05, 0.1) is 6.61 Å². The third kappa shape index (κ3) is 4.24. The molecule has 0 atom stereocenters. The summed E-state index contributed by atoms with van der Waals surface area (Å²) in [4.78, 5) is 21.8. The molecule has 0 aliphatic rings. The number of ketones is 1. The number of hydrogen-bond donors (Lipinski definition) is 0. The molecule has 4 nitrogen and oxygen atoms in total. The van der Waals surface area contributed by atoms with E-state index in [2.05, 4.69) is 16.4 Å². The van der Waals surface area contributed by atoms with E-state index in [4.69, 9.17) is 0 Å². The van der Waals surface area contributed by atoms with Crippen LogP contribution in [0.25, 0.3) is 0 Å². The molecular formula is C9H10F3O4+. The minimum absolute atomic E-state index is 0.0201. The number of hydrogen-bond acceptors (Lipinski definition) is 4. The molecule has 16 heavy (non-hydrogen) atoms. The van der Waals surface area contributed by atoms with E-state index in [0.717, 1.165) is 0 Å². The zero-order valence-corrected chi connectivity index (χ0v) is 8.47. The van der Waals surface area contributed by atoms with Crippen LogP contribution in [0.15, 0.2) is 11.8 Å². The SMILES string of the molecule is [CH2+]COC(=O)/C(=C\OCC)C(=O)C(F)(F)F. The lowest BCUT2D eigenvalue weighted by Crippen LogP contribution is -2.29. The highest BCUT2D eigenvalue weighted by molar-refractivity contribution is 6.19. The molecule has 0 spiro atoms. The number of ether oxygens (including phenoxy) is 2. The lowest BCUT2D eigenvalue weighted by atomic mass is 10.2. The zero-order chi connectivity index (χ0) is 12.8. The summed E-state index contributed by atoms with van der Waals surface area (Å²) in [7, 11) is 0. The van der Waals surface area contributed by atoms with Crippen LogP contribution in [0.1, 0.15) is 6.92 Å². The highest BCUT2D eigenvalue weighted by Crippen LogP contribution is 2.21. The van der Waals surface area contributed by atoms with Gasteiger partial charge in [0, 0.05) is 0 Å². The molecule has 0 rings (SSSR count). The van der Waals surface area contributed by atoms with Crippen LogP contribution in [0.3, 0.4) is 0 Å². The maximum atomic E-state index is 12.1. The number of esters is 1. The Balaban J connectivity index is 4.96. The van der Waals surface area contributed by atoms with Crippen molar-refractivity contribution in [3.63, 3.8) is 0 Å². The second kappa shape index (κ2) is 6.04. The minimum Gasteiger partial charge on any atom is -0.500 e. The lowest BCUT2D eigenvalue weighted by molar-refractivity contribution is -0.168. The van der Waals surface area contributed by atoms with E-state index in [0.29, 0.717) is 6.26 Å². The van der Waals surface area contributed by atoms with Gasteiger partial charge in [-0.05, 0) is 6.92 Å². The van der Waals surface area contributed by atoms with E-state index in [1.54, 1.807) is 0 Å². The van der Waals surface area contributed by atoms with Crippen molar-refractivity contribution in [2.75, 3.05) is 13.2 Å². The van der Waals surface area contributed by atoms with Crippen molar-refractivity contribution in [2.24, 2.45) is 0 Å². The topological polar surface area (TPSA) is 52.6 Å². The summed E-state index contributed by atoms with van der Waals surface area (Å²) in [6.45, 7) is 4.23. The average Bonchev–Trinajstić information content (AvgIpc) is 2.17. The van der Waals surface area contributed by atoms with Gasteiger partial charge in [-0.15, -0.1) is 0 Å². The number of Topliss-reactive ketones (excluding diaryl/α,β-unsaturated/α-hetero) is 1. The smallest absolute Gasteiger partial charge is 0.455 e. The first-order chi connectivity index (χ1) is 7.34. The van der Waals surface area contributed by atoms with Crippen LogP contribution in [-0.4, -0.2) is 31.1 Å². The Hall–Kier alpha value is -1.66. The van der Waals surface area contributed by atoms with Gasteiger partial charge in [-0.25, -0.2) is 4.79 Å². The maximum Gasteiger partial charge on any atom is 0.455 e. The summed E-state index contributed by atoms with van der Waals surface area (Å²) in [5, 5.41) is 0. The summed E-state index contributed by atoms with van der Waals surface area (Å²) < 4.78 is 44.8. The quantitative estimate of drug-likeness (QED) is 0.182. The number of carbonyl (C=O) groups is 2. The van der Waals surface area contributed by atoms with E-state index < -0.39 is 23.5 Å². The second-order valence-corrected chi connectivity index (χ2v) is 2.45. The Morgan fingerprint density at radius 1 is 1.38 bits per heavy atom. The van der Waals surface area contributed by atoms with Crippen molar-refractivity contribution >= 4 is 11.8 Å². The van der Waals surface area contributed by atoms with Crippen molar-refractivity contribution in [3.05, 3.63) is 18.8 Å². The fourth-order valence-corrected chi connectivity index (χ4v) is 0.684. The number of rotatable bonds is 5. The van der Waals surface area contributed by atoms with Crippen LogP contribution in [0.2, 0.25) is 0 Å². The fourth-order valence-electron chi connectivity index (χ4n) is 0.684. The molecule has 0 radical (unpaired) electrons. The fraction of sp³-hybridized carbons (Fsp3) is 0.444. The molecule has 0 saturated heterocycles. The van der Waals surface area contributed by atoms with Crippen LogP contribution < -0.4 is 0 Å². The molecule has 0 aliphatic heterocycles. The number of alkyl halides is 3. The molecule has 0 saturated carbocycles. The van der Waals surface area contributed by atoms with Crippen molar-refractivity contribution in [2.45, 2.75) is 13.1 Å². The molecule has 0 aromatic heterocycles. The zero-order valence-electron chi connectivity index (χ0n) is 8.47. The Morgan fingerprint density at radius 3 is 2.31 bits per heavy atom. The molecule has 0 aromatic carbocycles. The van der Waals surface area contributed by atoms with Gasteiger partial charge in [-0.1, -0.05) is 0 Å². The van der Waals surface area contributed by atoms with E-state index in [-0.39, 0.29) is 13.2 Å². The predicted molar refractivity (Wildman–Crippen MR) is 47.1 cm³/mol. The van der Waals surface area contributed by atoms with Crippen molar-refractivity contribution in [3.8, 4) is 0 Å². The van der Waals surface area contributed by atoms with Crippen molar-refractivity contribution < 1.29 is 32.2 Å². The molecule has 0 amide bonds. The van der Waals surface area contributed by atoms with Gasteiger partial charge in [0.25, 0.3) is 5.78 Å². The molecule has 0 fully saturated rings. The highest BCUT2D eigenvalue weighted by Gasteiger charge is 2.44. The Labute approximate surface area is 90.0 Å². The first kappa shape index (κ1) is 14.3. The van der Waals surface area contributed by atoms with E-state index >= 15 is 0 Å². The van der Waals surface area contributed by atoms with Gasteiger partial charge >= 0.3 is 12.1 Å². The van der Waals surface area contributed by atoms with Gasteiger partial charge in [-0.2, -0.15) is 13.2 Å². The van der Waals surface area contributed by atoms with Crippen LogP contribution in [0, 0.1) is 6.92 Å². The van der Waals surface area contributed by atoms with Gasteiger partial charge in [0.1, 0.15) is 18.8 Å². The minimum atomic E-state index is -5.15. The average molecular weight is 239 g/mol. The van der Waals surface area contributed by atoms with E-state index in [9.17, 15) is 22.8 Å². The largest absolute Gasteiger partial charge is 0.500 e. The molecule has 7 heteroatoms. The summed E-state index contributed by atoms with van der Waals surface area (Å²) in [6, 6.07) is 0. The highest BCUT2D eigenvalue weighted by atomic mass is 19.4. The lowest BCUT2D eigenvalue weighted by Gasteiger charge is -2.07.